The van der Waals surface area contributed by atoms with Gasteiger partial charge in [0, 0.05) is 18.9 Å². The van der Waals surface area contributed by atoms with Crippen LogP contribution in [-0.4, -0.2) is 66.9 Å². The van der Waals surface area contributed by atoms with E-state index in [2.05, 4.69) is 15.0 Å². The molecule has 10 nitrogen and oxygen atoms in total. The highest BCUT2D eigenvalue weighted by molar-refractivity contribution is 5.98. The first kappa shape index (κ1) is 22.6. The van der Waals surface area contributed by atoms with E-state index in [1.54, 1.807) is 36.5 Å². The van der Waals surface area contributed by atoms with Crippen LogP contribution >= 0.6 is 0 Å². The van der Waals surface area contributed by atoms with Crippen LogP contribution in [0.1, 0.15) is 28.0 Å². The molecular weight excluding hydrogens is 424 g/mol. The van der Waals surface area contributed by atoms with Gasteiger partial charge in [0.25, 0.3) is 0 Å². The molecule has 1 aromatic carbocycles. The van der Waals surface area contributed by atoms with Gasteiger partial charge in [0.05, 0.1) is 17.3 Å². The van der Waals surface area contributed by atoms with Crippen molar-refractivity contribution in [1.29, 1.82) is 0 Å². The molecule has 2 aromatic heterocycles. The Labute approximate surface area is 190 Å². The van der Waals surface area contributed by atoms with Gasteiger partial charge in [-0.25, -0.2) is 9.67 Å². The second kappa shape index (κ2) is 9.90. The van der Waals surface area contributed by atoms with E-state index in [1.807, 2.05) is 6.07 Å². The number of aromatic nitrogens is 3. The molecule has 1 saturated heterocycles. The van der Waals surface area contributed by atoms with Gasteiger partial charge < -0.3 is 21.1 Å². The Kier molecular flexibility index (Phi) is 6.78. The summed E-state index contributed by atoms with van der Waals surface area (Å²) in [5, 5.41) is 28.0. The summed E-state index contributed by atoms with van der Waals surface area (Å²) < 4.78 is 1.45. The molecule has 0 radical (unpaired) electrons. The van der Waals surface area contributed by atoms with E-state index in [9.17, 15) is 19.9 Å². The lowest BCUT2D eigenvalue weighted by Gasteiger charge is -2.39. The first-order valence-electron chi connectivity index (χ1n) is 10.7. The van der Waals surface area contributed by atoms with Gasteiger partial charge in [-0.1, -0.05) is 30.3 Å². The predicted octanol–water partition coefficient (Wildman–Crippen LogP) is 0.870. The number of hydrogen-bond acceptors (Lipinski definition) is 7. The molecule has 0 bridgehead atoms. The molecule has 0 spiro atoms. The summed E-state index contributed by atoms with van der Waals surface area (Å²) in [6, 6.07) is 12.2. The number of carbonyl (C=O) groups excluding carboxylic acids is 2. The molecule has 1 aliphatic heterocycles. The zero-order valence-electron chi connectivity index (χ0n) is 17.9. The third-order valence-corrected chi connectivity index (χ3v) is 5.66. The van der Waals surface area contributed by atoms with E-state index >= 15 is 0 Å². The first-order chi connectivity index (χ1) is 15.9. The second-order valence-corrected chi connectivity index (χ2v) is 7.99. The molecule has 0 aliphatic carbocycles. The average molecular weight is 449 g/mol. The van der Waals surface area contributed by atoms with Gasteiger partial charge in [-0.05, 0) is 49.7 Å². The number of nitrogens with zero attached hydrogens (tertiary/aromatic N) is 5. The maximum absolute atomic E-state index is 13.2. The smallest absolute Gasteiger partial charge is 0.248 e. The number of primary amides is 1. The molecular formula is C23H25N6O4-. The third-order valence-electron chi connectivity index (χ3n) is 5.66. The lowest BCUT2D eigenvalue weighted by Crippen LogP contribution is -2.50. The van der Waals surface area contributed by atoms with E-state index in [-0.39, 0.29) is 22.9 Å². The van der Waals surface area contributed by atoms with Crippen LogP contribution in [0.5, 0.6) is 0 Å². The molecule has 172 valence electrons. The van der Waals surface area contributed by atoms with Gasteiger partial charge in [0.2, 0.25) is 11.8 Å². The average Bonchev–Trinajstić information content (AvgIpc) is 3.28. The molecule has 3 aromatic rings. The molecule has 3 N–H and O–H groups in total. The van der Waals surface area contributed by atoms with E-state index in [0.29, 0.717) is 12.1 Å². The summed E-state index contributed by atoms with van der Waals surface area (Å²) in [6.45, 7) is 2.74. The van der Waals surface area contributed by atoms with Crippen molar-refractivity contribution in [1.82, 2.24) is 24.7 Å². The Morgan fingerprint density at radius 2 is 1.91 bits per heavy atom. The van der Waals surface area contributed by atoms with Crippen molar-refractivity contribution in [3.8, 4) is 5.82 Å². The number of hydroxylamine groups is 2. The van der Waals surface area contributed by atoms with E-state index in [0.717, 1.165) is 18.8 Å². The van der Waals surface area contributed by atoms with Crippen LogP contribution in [0.3, 0.4) is 0 Å². The van der Waals surface area contributed by atoms with Crippen LogP contribution in [0.2, 0.25) is 0 Å². The Morgan fingerprint density at radius 1 is 1.15 bits per heavy atom. The number of carbonyl (C=O) groups is 2. The van der Waals surface area contributed by atoms with Gasteiger partial charge in [0.1, 0.15) is 0 Å². The molecule has 2 amide bonds. The molecule has 2 atom stereocenters. The quantitative estimate of drug-likeness (QED) is 0.462. The van der Waals surface area contributed by atoms with Crippen molar-refractivity contribution in [2.24, 2.45) is 5.73 Å². The fraction of sp³-hybridized carbons (Fsp3) is 0.304. The lowest BCUT2D eigenvalue weighted by molar-refractivity contribution is -0.128. The maximum atomic E-state index is 13.2. The highest BCUT2D eigenvalue weighted by Crippen LogP contribution is 2.19. The normalized spacial score (nSPS) is 15.5. The van der Waals surface area contributed by atoms with Crippen LogP contribution in [0, 0.1) is 5.21 Å². The van der Waals surface area contributed by atoms with Crippen molar-refractivity contribution in [3.05, 3.63) is 83.0 Å². The zero-order chi connectivity index (χ0) is 23.4. The zero-order valence-corrected chi connectivity index (χ0v) is 17.9. The number of amides is 2. The fourth-order valence-corrected chi connectivity index (χ4v) is 3.72. The van der Waals surface area contributed by atoms with Gasteiger partial charge in [-0.15, -0.1) is 0 Å². The molecule has 2 unspecified atom stereocenters. The summed E-state index contributed by atoms with van der Waals surface area (Å²) in [7, 11) is 0. The molecule has 4 rings (SSSR count). The van der Waals surface area contributed by atoms with Gasteiger partial charge in [0.15, 0.2) is 11.9 Å². The Balaban J connectivity index is 1.60. The first-order valence-corrected chi connectivity index (χ1v) is 10.7. The van der Waals surface area contributed by atoms with E-state index in [4.69, 9.17) is 5.73 Å². The van der Waals surface area contributed by atoms with Crippen molar-refractivity contribution in [2.75, 3.05) is 13.1 Å². The minimum Gasteiger partial charge on any atom is -0.756 e. The lowest BCUT2D eigenvalue weighted by atomic mass is 10.00. The Hall–Kier alpha value is -3.60. The van der Waals surface area contributed by atoms with Gasteiger partial charge in [-0.3, -0.25) is 14.5 Å². The summed E-state index contributed by atoms with van der Waals surface area (Å²) >= 11 is 0. The van der Waals surface area contributed by atoms with E-state index < -0.39 is 24.0 Å². The fourth-order valence-electron chi connectivity index (χ4n) is 3.72. The Bertz CT molecular complexity index is 1110. The topological polar surface area (TPSA) is 141 Å². The van der Waals surface area contributed by atoms with Gasteiger partial charge >= 0.3 is 0 Å². The second-order valence-electron chi connectivity index (χ2n) is 7.99. The minimum atomic E-state index is -1.83. The SMILES string of the molecule is NC(=O)C(O)C(Cc1ccccc1)N([O-])C(=O)c1cccnc1-n1ccc(CN2CCC2)n1. The summed E-state index contributed by atoms with van der Waals surface area (Å²) in [6.07, 6.45) is 2.47. The maximum Gasteiger partial charge on any atom is 0.248 e. The molecule has 1 fully saturated rings. The van der Waals surface area contributed by atoms with Crippen LogP contribution in [0.15, 0.2) is 60.9 Å². The highest BCUT2D eigenvalue weighted by Gasteiger charge is 2.30. The molecule has 33 heavy (non-hydrogen) atoms. The van der Waals surface area contributed by atoms with Crippen molar-refractivity contribution >= 4 is 11.8 Å². The predicted molar refractivity (Wildman–Crippen MR) is 120 cm³/mol. The highest BCUT2D eigenvalue weighted by atomic mass is 16.5. The number of likely N-dealkylation sites (tertiary alicyclic amines) is 1. The largest absolute Gasteiger partial charge is 0.756 e. The molecule has 0 saturated carbocycles. The van der Waals surface area contributed by atoms with Crippen LogP contribution < -0.4 is 5.73 Å². The minimum absolute atomic E-state index is 0.000771. The third kappa shape index (κ3) is 5.08. The van der Waals surface area contributed by atoms with Crippen molar-refractivity contribution < 1.29 is 14.7 Å². The molecule has 3 heterocycles. The number of hydrogen-bond donors (Lipinski definition) is 2. The van der Waals surface area contributed by atoms with Crippen LogP contribution in [-0.2, 0) is 17.8 Å². The number of nitrogens with two attached hydrogens (primary N) is 1. The number of aliphatic hydroxyl groups excluding tert-OH is 1. The van der Waals surface area contributed by atoms with Crippen LogP contribution in [0.25, 0.3) is 5.82 Å². The van der Waals surface area contributed by atoms with Crippen molar-refractivity contribution in [2.45, 2.75) is 31.5 Å². The molecule has 1 aliphatic rings. The van der Waals surface area contributed by atoms with Crippen LogP contribution in [0.4, 0.5) is 0 Å². The summed E-state index contributed by atoms with van der Waals surface area (Å²) in [5.41, 5.74) is 6.75. The van der Waals surface area contributed by atoms with Crippen molar-refractivity contribution in [3.63, 3.8) is 0 Å². The Morgan fingerprint density at radius 3 is 2.58 bits per heavy atom. The number of benzene rings is 1. The monoisotopic (exact) mass is 449 g/mol. The van der Waals surface area contributed by atoms with Gasteiger partial charge in [-0.2, -0.15) is 5.10 Å². The molecule has 10 heteroatoms. The summed E-state index contributed by atoms with van der Waals surface area (Å²) in [4.78, 5) is 31.4. The van der Waals surface area contributed by atoms with E-state index in [1.165, 1.54) is 29.4 Å². The summed E-state index contributed by atoms with van der Waals surface area (Å²) in [5.74, 6) is -1.84. The standard InChI is InChI=1S/C23H25N6O4/c24-21(31)20(30)19(14-16-6-2-1-3-7-16)29(33)23(32)18-8-4-10-25-22(18)28-13-9-17(26-28)15-27-11-5-12-27/h1-4,6-10,13,19-20,30H,5,11-12,14-15H2,(H2,24,31)/q-1. The number of pyridine rings is 1. The number of aliphatic hydroxyl groups is 1. The number of rotatable bonds is 9.